The van der Waals surface area contributed by atoms with Crippen molar-refractivity contribution in [3.63, 3.8) is 0 Å². The van der Waals surface area contributed by atoms with Gasteiger partial charge in [-0.15, -0.1) is 0 Å². The number of nitrogens with one attached hydrogen (secondary N) is 1. The number of alkyl halides is 3. The van der Waals surface area contributed by atoms with E-state index in [4.69, 9.17) is 4.74 Å². The predicted molar refractivity (Wildman–Crippen MR) is 110 cm³/mol. The van der Waals surface area contributed by atoms with Gasteiger partial charge in [-0.1, -0.05) is 0 Å². The van der Waals surface area contributed by atoms with E-state index >= 15 is 0 Å². The van der Waals surface area contributed by atoms with E-state index < -0.39 is 25.1 Å². The van der Waals surface area contributed by atoms with Gasteiger partial charge in [0.1, 0.15) is 18.9 Å². The van der Waals surface area contributed by atoms with Crippen LogP contribution in [-0.2, 0) is 16.6 Å². The highest BCUT2D eigenvalue weighted by atomic mass is 19.4. The molecule has 0 radical (unpaired) electrons. The van der Waals surface area contributed by atoms with Gasteiger partial charge in [0.25, 0.3) is 0 Å². The Bertz CT molecular complexity index is 986. The predicted octanol–water partition coefficient (Wildman–Crippen LogP) is 3.18. The first-order valence-corrected chi connectivity index (χ1v) is 10.3. The Hall–Kier alpha value is -3.08. The average Bonchev–Trinajstić information content (AvgIpc) is 3.49. The molecular formula is C21H24F3N5O3. The number of carbonyl (C=O) groups excluding carboxylic acids is 1. The smallest absolute Gasteiger partial charge is 0.411 e. The number of anilines is 1. The molecule has 32 heavy (non-hydrogen) atoms. The minimum absolute atomic E-state index is 0.00528. The summed E-state index contributed by atoms with van der Waals surface area (Å²) in [6.45, 7) is 0.0717. The first-order chi connectivity index (χ1) is 15.2. The molecule has 1 fully saturated rings. The zero-order valence-electron chi connectivity index (χ0n) is 17.7. The Morgan fingerprint density at radius 1 is 1.34 bits per heavy atom. The molecule has 0 saturated heterocycles. The van der Waals surface area contributed by atoms with E-state index in [0.29, 0.717) is 5.69 Å². The van der Waals surface area contributed by atoms with Crippen molar-refractivity contribution in [2.45, 2.75) is 38.2 Å². The molecule has 0 aromatic carbocycles. The Morgan fingerprint density at radius 3 is 2.78 bits per heavy atom. The summed E-state index contributed by atoms with van der Waals surface area (Å²) in [5.41, 5.74) is 2.37. The first-order valence-electron chi connectivity index (χ1n) is 10.3. The van der Waals surface area contributed by atoms with Crippen molar-refractivity contribution < 1.29 is 27.4 Å². The normalized spacial score (nSPS) is 18.9. The van der Waals surface area contributed by atoms with Crippen molar-refractivity contribution >= 4 is 17.7 Å². The van der Waals surface area contributed by atoms with Crippen LogP contribution in [0.4, 0.5) is 18.9 Å². The number of pyridine rings is 1. The number of rotatable bonds is 8. The molecule has 1 aliphatic carbocycles. The average molecular weight is 451 g/mol. The van der Waals surface area contributed by atoms with Crippen molar-refractivity contribution in [2.24, 2.45) is 13.0 Å². The fourth-order valence-electron chi connectivity index (χ4n) is 3.41. The van der Waals surface area contributed by atoms with Gasteiger partial charge in [-0.05, 0) is 31.9 Å². The molecule has 2 aromatic heterocycles. The molecule has 1 N–H and O–H groups in total. The number of aromatic nitrogens is 3. The summed E-state index contributed by atoms with van der Waals surface area (Å²) in [5, 5.41) is 7.51. The molecule has 1 aliphatic heterocycles. The number of ether oxygens (including phenoxy) is 2. The zero-order chi connectivity index (χ0) is 22.9. The van der Waals surface area contributed by atoms with Gasteiger partial charge in [0.15, 0.2) is 0 Å². The lowest BCUT2D eigenvalue weighted by Crippen LogP contribution is -2.41. The molecule has 2 unspecified atom stereocenters. The lowest BCUT2D eigenvalue weighted by Gasteiger charge is -2.33. The van der Waals surface area contributed by atoms with Crippen LogP contribution in [0.15, 0.2) is 30.7 Å². The molecule has 4 rings (SSSR count). The molecule has 2 atom stereocenters. The van der Waals surface area contributed by atoms with Gasteiger partial charge in [0.05, 0.1) is 24.2 Å². The minimum atomic E-state index is -4.37. The summed E-state index contributed by atoms with van der Waals surface area (Å²) >= 11 is 0. The van der Waals surface area contributed by atoms with E-state index in [9.17, 15) is 18.0 Å². The molecule has 0 spiro atoms. The molecule has 8 nitrogen and oxygen atoms in total. The van der Waals surface area contributed by atoms with Crippen molar-refractivity contribution in [1.82, 2.24) is 20.1 Å². The van der Waals surface area contributed by atoms with Crippen LogP contribution in [0.2, 0.25) is 0 Å². The first kappa shape index (κ1) is 22.1. The number of halogens is 3. The molecule has 1 saturated carbocycles. The van der Waals surface area contributed by atoms with Crippen LogP contribution in [0.5, 0.6) is 5.88 Å². The highest BCUT2D eigenvalue weighted by molar-refractivity contribution is 5.82. The van der Waals surface area contributed by atoms with Gasteiger partial charge in [0.2, 0.25) is 11.8 Å². The second-order valence-corrected chi connectivity index (χ2v) is 7.97. The van der Waals surface area contributed by atoms with Crippen LogP contribution < -0.4 is 15.0 Å². The Kier molecular flexibility index (Phi) is 6.09. The standard InChI is InChI=1S/C21H24F3N5O3/c1-13(11-31-12-21(22,23)24)32-18-6-5-15(9-25-18)29-8-7-17-16(10-28(2)27-17)19(29)26-20(30)14-3-4-14/h5-10,13-14,19H,3-4,11-12H2,1-2H3,(H,26,30). The fourth-order valence-corrected chi connectivity index (χ4v) is 3.41. The van der Waals surface area contributed by atoms with Crippen LogP contribution in [0, 0.1) is 5.92 Å². The van der Waals surface area contributed by atoms with E-state index in [1.807, 2.05) is 30.4 Å². The van der Waals surface area contributed by atoms with Crippen molar-refractivity contribution in [3.05, 3.63) is 42.0 Å². The number of aryl methyl sites for hydroxylation is 1. The molecule has 3 heterocycles. The third-order valence-electron chi connectivity index (χ3n) is 5.04. The fraction of sp³-hybridized carbons (Fsp3) is 0.476. The van der Waals surface area contributed by atoms with Crippen LogP contribution in [-0.4, -0.2) is 46.2 Å². The maximum absolute atomic E-state index is 12.5. The summed E-state index contributed by atoms with van der Waals surface area (Å²) in [6, 6.07) is 3.40. The van der Waals surface area contributed by atoms with Gasteiger partial charge in [0, 0.05) is 37.0 Å². The van der Waals surface area contributed by atoms with E-state index in [1.165, 1.54) is 0 Å². The molecule has 172 valence electrons. The Labute approximate surface area is 183 Å². The number of amides is 1. The van der Waals surface area contributed by atoms with Crippen LogP contribution in [0.3, 0.4) is 0 Å². The third kappa shape index (κ3) is 5.39. The monoisotopic (exact) mass is 451 g/mol. The van der Waals surface area contributed by atoms with Crippen LogP contribution in [0.1, 0.15) is 37.2 Å². The summed E-state index contributed by atoms with van der Waals surface area (Å²) in [6.07, 6.45) is 3.53. The summed E-state index contributed by atoms with van der Waals surface area (Å²) < 4.78 is 48.4. The number of fused-ring (bicyclic) bond motifs is 1. The molecule has 11 heteroatoms. The summed E-state index contributed by atoms with van der Waals surface area (Å²) in [4.78, 5) is 18.6. The Balaban J connectivity index is 1.44. The number of nitrogens with zero attached hydrogens (tertiary/aromatic N) is 4. The number of carbonyl (C=O) groups is 1. The van der Waals surface area contributed by atoms with Gasteiger partial charge in [-0.25, -0.2) is 4.98 Å². The van der Waals surface area contributed by atoms with Crippen LogP contribution >= 0.6 is 0 Å². The summed E-state index contributed by atoms with van der Waals surface area (Å²) in [7, 11) is 1.82. The quantitative estimate of drug-likeness (QED) is 0.664. The third-order valence-corrected chi connectivity index (χ3v) is 5.04. The van der Waals surface area contributed by atoms with E-state index in [0.717, 1.165) is 24.1 Å². The van der Waals surface area contributed by atoms with Gasteiger partial charge in [-0.3, -0.25) is 9.48 Å². The second kappa shape index (κ2) is 8.81. The number of hydrogen-bond acceptors (Lipinski definition) is 6. The minimum Gasteiger partial charge on any atom is -0.472 e. The lowest BCUT2D eigenvalue weighted by molar-refractivity contribution is -0.177. The molecular weight excluding hydrogens is 427 g/mol. The molecule has 2 aromatic rings. The van der Waals surface area contributed by atoms with Crippen molar-refractivity contribution in [1.29, 1.82) is 0 Å². The SMILES string of the molecule is CC(COCC(F)(F)F)Oc1ccc(N2C=Cc3nn(C)cc3C2NC(=O)C2CC2)cn1. The maximum atomic E-state index is 12.5. The topological polar surface area (TPSA) is 81.5 Å². The van der Waals surface area contributed by atoms with Gasteiger partial charge >= 0.3 is 6.18 Å². The van der Waals surface area contributed by atoms with Crippen LogP contribution in [0.25, 0.3) is 6.08 Å². The molecule has 2 aliphatic rings. The van der Waals surface area contributed by atoms with E-state index in [2.05, 4.69) is 20.1 Å². The van der Waals surface area contributed by atoms with E-state index in [1.54, 1.807) is 29.9 Å². The zero-order valence-corrected chi connectivity index (χ0v) is 17.7. The van der Waals surface area contributed by atoms with Crippen molar-refractivity contribution in [3.8, 4) is 5.88 Å². The highest BCUT2D eigenvalue weighted by Gasteiger charge is 2.35. The number of hydrogen-bond donors (Lipinski definition) is 1. The maximum Gasteiger partial charge on any atom is 0.411 e. The highest BCUT2D eigenvalue weighted by Crippen LogP contribution is 2.35. The van der Waals surface area contributed by atoms with Crippen molar-refractivity contribution in [2.75, 3.05) is 18.1 Å². The lowest BCUT2D eigenvalue weighted by atomic mass is 10.1. The van der Waals surface area contributed by atoms with Gasteiger partial charge < -0.3 is 19.7 Å². The van der Waals surface area contributed by atoms with Gasteiger partial charge in [-0.2, -0.15) is 18.3 Å². The largest absolute Gasteiger partial charge is 0.472 e. The molecule has 1 amide bonds. The Morgan fingerprint density at radius 2 is 2.12 bits per heavy atom. The summed E-state index contributed by atoms with van der Waals surface area (Å²) in [5.74, 6) is 0.321. The second-order valence-electron chi connectivity index (χ2n) is 7.97. The molecule has 0 bridgehead atoms. The van der Waals surface area contributed by atoms with E-state index in [-0.39, 0.29) is 24.3 Å².